The molecule has 1 fully saturated rings. The summed E-state index contributed by atoms with van der Waals surface area (Å²) in [6.45, 7) is 0.980. The fourth-order valence-corrected chi connectivity index (χ4v) is 2.36. The van der Waals surface area contributed by atoms with E-state index in [-0.39, 0.29) is 26.2 Å². The number of cyclic esters (lactones) is 1. The van der Waals surface area contributed by atoms with Gasteiger partial charge in [-0.25, -0.2) is 9.59 Å². The van der Waals surface area contributed by atoms with Crippen molar-refractivity contribution in [2.45, 2.75) is 32.4 Å². The van der Waals surface area contributed by atoms with Crippen molar-refractivity contribution in [3.63, 3.8) is 0 Å². The lowest BCUT2D eigenvalue weighted by atomic mass is 10.1. The highest BCUT2D eigenvalue weighted by molar-refractivity contribution is 6.25. The lowest BCUT2D eigenvalue weighted by molar-refractivity contribution is -0.139. The van der Waals surface area contributed by atoms with Crippen LogP contribution >= 0.6 is 0 Å². The fourth-order valence-electron chi connectivity index (χ4n) is 2.36. The van der Waals surface area contributed by atoms with E-state index in [4.69, 9.17) is 19.7 Å². The Hall–Kier alpha value is -3.52. The van der Waals surface area contributed by atoms with E-state index < -0.39 is 29.9 Å². The molecule has 1 atom stereocenters. The van der Waals surface area contributed by atoms with Crippen molar-refractivity contribution < 1.29 is 38.2 Å². The SMILES string of the molecule is CC(=O)Oc1ccc(COC(=O)N2COC(=O)C2CCC(=O)C=[N+]=N)cc1. The minimum Gasteiger partial charge on any atom is -0.444 e. The summed E-state index contributed by atoms with van der Waals surface area (Å²) in [7, 11) is 0. The van der Waals surface area contributed by atoms with Crippen LogP contribution in [0.4, 0.5) is 4.79 Å². The summed E-state index contributed by atoms with van der Waals surface area (Å²) in [4.78, 5) is 50.2. The van der Waals surface area contributed by atoms with Gasteiger partial charge >= 0.3 is 24.2 Å². The van der Waals surface area contributed by atoms with E-state index in [1.807, 2.05) is 0 Å². The van der Waals surface area contributed by atoms with Crippen LogP contribution in [0.2, 0.25) is 0 Å². The molecule has 1 aromatic carbocycles. The predicted molar refractivity (Wildman–Crippen MR) is 87.8 cm³/mol. The zero-order valence-corrected chi connectivity index (χ0v) is 14.5. The van der Waals surface area contributed by atoms with E-state index in [1.165, 1.54) is 6.92 Å². The third-order valence-corrected chi connectivity index (χ3v) is 3.65. The topological polar surface area (TPSA) is 137 Å². The maximum atomic E-state index is 12.2. The van der Waals surface area contributed by atoms with Crippen LogP contribution in [0.3, 0.4) is 0 Å². The van der Waals surface area contributed by atoms with Crippen molar-refractivity contribution in [3.8, 4) is 5.75 Å². The number of nitrogens with zero attached hydrogens (tertiary/aromatic N) is 2. The van der Waals surface area contributed by atoms with Gasteiger partial charge in [-0.15, -0.1) is 0 Å². The van der Waals surface area contributed by atoms with Gasteiger partial charge in [0.25, 0.3) is 0 Å². The summed E-state index contributed by atoms with van der Waals surface area (Å²) in [5.41, 5.74) is 7.26. The normalized spacial score (nSPS) is 15.5. The van der Waals surface area contributed by atoms with Gasteiger partial charge < -0.3 is 14.2 Å². The number of carbonyl (C=O) groups excluding carboxylic acids is 4. The molecule has 1 aliphatic heterocycles. The number of Topliss-reactive ketones (excluding diaryl/α,β-unsaturated/α-hetero) is 1. The number of ether oxygens (including phenoxy) is 3. The van der Waals surface area contributed by atoms with Crippen molar-refractivity contribution in [1.82, 2.24) is 4.90 Å². The molecule has 0 bridgehead atoms. The van der Waals surface area contributed by atoms with Crippen LogP contribution < -0.4 is 4.74 Å². The number of hydrogen-bond donors (Lipinski definition) is 1. The second-order valence-corrected chi connectivity index (χ2v) is 5.63. The van der Waals surface area contributed by atoms with Crippen LogP contribution in [0.5, 0.6) is 5.75 Å². The highest BCUT2D eigenvalue weighted by Crippen LogP contribution is 2.19. The minimum absolute atomic E-state index is 0.0515. The summed E-state index contributed by atoms with van der Waals surface area (Å²) in [6, 6.07) is 5.47. The third kappa shape index (κ3) is 5.75. The largest absolute Gasteiger partial charge is 0.444 e. The molecule has 10 heteroatoms. The summed E-state index contributed by atoms with van der Waals surface area (Å²) < 4.78 is 14.9. The average Bonchev–Trinajstić information content (AvgIpc) is 2.99. The van der Waals surface area contributed by atoms with E-state index in [9.17, 15) is 19.2 Å². The predicted octanol–water partition coefficient (Wildman–Crippen LogP) is 1.09. The average molecular weight is 376 g/mol. The van der Waals surface area contributed by atoms with Crippen LogP contribution in [0.25, 0.3) is 0 Å². The van der Waals surface area contributed by atoms with Crippen molar-refractivity contribution in [1.29, 1.82) is 5.53 Å². The molecule has 1 unspecified atom stereocenters. The van der Waals surface area contributed by atoms with Gasteiger partial charge in [0.1, 0.15) is 18.4 Å². The first-order valence-corrected chi connectivity index (χ1v) is 8.00. The second kappa shape index (κ2) is 9.25. The third-order valence-electron chi connectivity index (χ3n) is 3.65. The first-order valence-electron chi connectivity index (χ1n) is 8.00. The molecule has 27 heavy (non-hydrogen) atoms. The zero-order valence-electron chi connectivity index (χ0n) is 14.5. The van der Waals surface area contributed by atoms with Gasteiger partial charge in [-0.2, -0.15) is 0 Å². The smallest absolute Gasteiger partial charge is 0.413 e. The van der Waals surface area contributed by atoms with Gasteiger partial charge in [-0.3, -0.25) is 14.5 Å². The van der Waals surface area contributed by atoms with Gasteiger partial charge in [0.05, 0.1) is 10.3 Å². The van der Waals surface area contributed by atoms with Gasteiger partial charge in [0, 0.05) is 13.3 Å². The molecule has 1 heterocycles. The minimum atomic E-state index is -0.924. The lowest BCUT2D eigenvalue weighted by Crippen LogP contribution is -2.38. The molecule has 1 N–H and O–H groups in total. The Morgan fingerprint density at radius 1 is 1.33 bits per heavy atom. The Labute approximate surface area is 154 Å². The molecule has 0 radical (unpaired) electrons. The maximum absolute atomic E-state index is 12.2. The Bertz CT molecular complexity index is 784. The zero-order chi connectivity index (χ0) is 19.8. The number of amides is 1. The van der Waals surface area contributed by atoms with Crippen LogP contribution in [0, 0.1) is 5.53 Å². The summed E-state index contributed by atoms with van der Waals surface area (Å²) >= 11 is 0. The van der Waals surface area contributed by atoms with Crippen LogP contribution in [0.1, 0.15) is 25.3 Å². The lowest BCUT2D eigenvalue weighted by Gasteiger charge is -2.19. The molecule has 0 aromatic heterocycles. The molecule has 1 aliphatic rings. The molecule has 2 rings (SSSR count). The van der Waals surface area contributed by atoms with Gasteiger partial charge in [0.2, 0.25) is 5.78 Å². The molecule has 142 valence electrons. The van der Waals surface area contributed by atoms with E-state index in [0.29, 0.717) is 11.3 Å². The second-order valence-electron chi connectivity index (χ2n) is 5.63. The highest BCUT2D eigenvalue weighted by Gasteiger charge is 2.38. The number of rotatable bonds is 7. The molecule has 1 amide bonds. The van der Waals surface area contributed by atoms with E-state index in [2.05, 4.69) is 4.79 Å². The number of benzene rings is 1. The molecule has 1 saturated heterocycles. The number of nitrogens with one attached hydrogen (secondary N) is 1. The van der Waals surface area contributed by atoms with Crippen LogP contribution in [-0.2, 0) is 30.5 Å². The fraction of sp³-hybridized carbons (Fsp3) is 0.353. The van der Waals surface area contributed by atoms with Gasteiger partial charge in [-0.1, -0.05) is 12.1 Å². The van der Waals surface area contributed by atoms with Crippen molar-refractivity contribution in [2.24, 2.45) is 0 Å². The summed E-state index contributed by atoms with van der Waals surface area (Å²) in [5, 5.41) is 0. The van der Waals surface area contributed by atoms with Crippen LogP contribution in [0.15, 0.2) is 24.3 Å². The summed E-state index contributed by atoms with van der Waals surface area (Å²) in [6.07, 6.45) is 0.0819. The number of hydrogen-bond acceptors (Lipinski definition) is 8. The Morgan fingerprint density at radius 2 is 2.04 bits per heavy atom. The van der Waals surface area contributed by atoms with Crippen LogP contribution in [-0.4, -0.2) is 52.5 Å². The van der Waals surface area contributed by atoms with E-state index in [0.717, 1.165) is 11.1 Å². The summed E-state index contributed by atoms with van der Waals surface area (Å²) in [5.74, 6) is -1.11. The Morgan fingerprint density at radius 3 is 2.67 bits per heavy atom. The van der Waals surface area contributed by atoms with Gasteiger partial charge in [0.15, 0.2) is 6.73 Å². The van der Waals surface area contributed by atoms with Crippen molar-refractivity contribution in [3.05, 3.63) is 29.8 Å². The highest BCUT2D eigenvalue weighted by atomic mass is 16.6. The van der Waals surface area contributed by atoms with Gasteiger partial charge in [-0.05, 0) is 24.1 Å². The van der Waals surface area contributed by atoms with E-state index in [1.54, 1.807) is 24.3 Å². The maximum Gasteiger partial charge on any atom is 0.413 e. The number of ketones is 1. The number of carbonyl (C=O) groups is 4. The molecule has 0 spiro atoms. The first kappa shape index (κ1) is 19.8. The van der Waals surface area contributed by atoms with Crippen molar-refractivity contribution >= 4 is 30.0 Å². The monoisotopic (exact) mass is 376 g/mol. The number of esters is 2. The van der Waals surface area contributed by atoms with Crippen molar-refractivity contribution in [2.75, 3.05) is 6.73 Å². The Balaban J connectivity index is 1.89. The molecule has 0 aliphatic carbocycles. The first-order chi connectivity index (χ1) is 12.9. The molecule has 10 nitrogen and oxygen atoms in total. The molecular formula is C17H18N3O7+. The quantitative estimate of drug-likeness (QED) is 0.247. The Kier molecular flexibility index (Phi) is 6.79. The molecular weight excluding hydrogens is 358 g/mol. The molecule has 1 aromatic rings. The van der Waals surface area contributed by atoms with E-state index >= 15 is 0 Å². The molecule has 0 saturated carbocycles. The standard InChI is InChI=1S/C17H18N3O7/c1-11(21)27-14-5-2-12(3-6-14)9-25-17(24)20-10-26-16(23)15(20)7-4-13(22)8-19-18/h2-3,5-6,8,15,18H,4,7,9-10H2,1H3/q+1.